The highest BCUT2D eigenvalue weighted by molar-refractivity contribution is 6.30. The van der Waals surface area contributed by atoms with E-state index in [4.69, 9.17) is 11.6 Å². The number of carbonyl (C=O) groups excluding carboxylic acids is 3. The maximum Gasteiger partial charge on any atom is 0.254 e. The lowest BCUT2D eigenvalue weighted by Crippen LogP contribution is -2.70. The van der Waals surface area contributed by atoms with Crippen LogP contribution < -0.4 is 10.2 Å². The molecule has 2 atom stereocenters. The van der Waals surface area contributed by atoms with Crippen molar-refractivity contribution in [3.63, 3.8) is 0 Å². The largest absolute Gasteiger partial charge is 0.378 e. The second-order valence-electron chi connectivity index (χ2n) is 8.13. The SMILES string of the molecule is CN(C)c1ccc(C(=O)N2CCN3C(=O)[C@H](Cc4ccc(Cl)cc4)NC(=O)[C@H]3C2)cc1. The van der Waals surface area contributed by atoms with Gasteiger partial charge in [-0.25, -0.2) is 0 Å². The van der Waals surface area contributed by atoms with Gasteiger partial charge in [0.05, 0.1) is 6.54 Å². The van der Waals surface area contributed by atoms with Crippen molar-refractivity contribution in [2.75, 3.05) is 38.6 Å². The van der Waals surface area contributed by atoms with E-state index in [1.807, 2.05) is 43.3 Å². The Bertz CT molecular complexity index is 991. The smallest absolute Gasteiger partial charge is 0.254 e. The van der Waals surface area contributed by atoms with Crippen LogP contribution in [0.4, 0.5) is 5.69 Å². The summed E-state index contributed by atoms with van der Waals surface area (Å²) < 4.78 is 0. The van der Waals surface area contributed by atoms with Gasteiger partial charge in [-0.1, -0.05) is 23.7 Å². The van der Waals surface area contributed by atoms with Crippen LogP contribution in [0.15, 0.2) is 48.5 Å². The van der Waals surface area contributed by atoms with Crippen LogP contribution in [0.3, 0.4) is 0 Å². The number of piperazine rings is 2. The number of fused-ring (bicyclic) bond motifs is 1. The molecule has 2 heterocycles. The van der Waals surface area contributed by atoms with Crippen molar-refractivity contribution >= 4 is 35.0 Å². The van der Waals surface area contributed by atoms with Crippen molar-refractivity contribution in [1.82, 2.24) is 15.1 Å². The van der Waals surface area contributed by atoms with E-state index in [2.05, 4.69) is 5.32 Å². The highest BCUT2D eigenvalue weighted by Gasteiger charge is 2.44. The molecule has 1 N–H and O–H groups in total. The summed E-state index contributed by atoms with van der Waals surface area (Å²) >= 11 is 5.92. The lowest BCUT2D eigenvalue weighted by Gasteiger charge is -2.45. The van der Waals surface area contributed by atoms with Gasteiger partial charge in [-0.2, -0.15) is 0 Å². The van der Waals surface area contributed by atoms with Gasteiger partial charge in [0, 0.05) is 49.9 Å². The minimum Gasteiger partial charge on any atom is -0.378 e. The molecule has 0 unspecified atom stereocenters. The molecule has 2 aromatic carbocycles. The highest BCUT2D eigenvalue weighted by Crippen LogP contribution is 2.21. The van der Waals surface area contributed by atoms with Crippen LogP contribution in [0.25, 0.3) is 0 Å². The summed E-state index contributed by atoms with van der Waals surface area (Å²) in [5, 5.41) is 3.47. The standard InChI is InChI=1S/C23H25ClN4O3/c1-26(2)18-9-5-16(6-10-18)22(30)27-11-12-28-20(14-27)21(29)25-19(23(28)31)13-15-3-7-17(24)8-4-15/h3-10,19-20H,11-14H2,1-2H3,(H,25,29)/t19-,20+/m0/s1. The first-order valence-electron chi connectivity index (χ1n) is 10.3. The van der Waals surface area contributed by atoms with Crippen molar-refractivity contribution in [1.29, 1.82) is 0 Å². The molecule has 31 heavy (non-hydrogen) atoms. The molecule has 8 heteroatoms. The van der Waals surface area contributed by atoms with E-state index in [0.29, 0.717) is 30.1 Å². The van der Waals surface area contributed by atoms with Gasteiger partial charge in [-0.05, 0) is 42.0 Å². The van der Waals surface area contributed by atoms with Crippen LogP contribution in [0.2, 0.25) is 5.02 Å². The van der Waals surface area contributed by atoms with E-state index < -0.39 is 12.1 Å². The van der Waals surface area contributed by atoms with Crippen molar-refractivity contribution < 1.29 is 14.4 Å². The molecular formula is C23H25ClN4O3. The zero-order valence-electron chi connectivity index (χ0n) is 17.5. The number of nitrogens with one attached hydrogen (secondary N) is 1. The quantitative estimate of drug-likeness (QED) is 0.786. The summed E-state index contributed by atoms with van der Waals surface area (Å²) in [6, 6.07) is 13.3. The Balaban J connectivity index is 1.43. The minimum atomic E-state index is -0.660. The summed E-state index contributed by atoms with van der Waals surface area (Å²) in [6.45, 7) is 0.937. The zero-order chi connectivity index (χ0) is 22.1. The Morgan fingerprint density at radius 2 is 1.74 bits per heavy atom. The molecule has 0 saturated carbocycles. The average molecular weight is 441 g/mol. The molecule has 3 amide bonds. The summed E-state index contributed by atoms with van der Waals surface area (Å²) in [5.74, 6) is -0.463. The van der Waals surface area contributed by atoms with Gasteiger partial charge in [-0.3, -0.25) is 14.4 Å². The maximum absolute atomic E-state index is 13.0. The van der Waals surface area contributed by atoms with Crippen LogP contribution in [0.5, 0.6) is 0 Å². The number of hydrogen-bond donors (Lipinski definition) is 1. The molecular weight excluding hydrogens is 416 g/mol. The Hall–Kier alpha value is -3.06. The lowest BCUT2D eigenvalue weighted by atomic mass is 9.98. The molecule has 2 aromatic rings. The monoisotopic (exact) mass is 440 g/mol. The number of benzene rings is 2. The first-order chi connectivity index (χ1) is 14.8. The number of halogens is 1. The number of nitrogens with zero attached hydrogens (tertiary/aromatic N) is 3. The molecule has 0 aromatic heterocycles. The number of rotatable bonds is 4. The minimum absolute atomic E-state index is 0.109. The fraction of sp³-hybridized carbons (Fsp3) is 0.348. The summed E-state index contributed by atoms with van der Waals surface area (Å²) in [6.07, 6.45) is 0.409. The Kier molecular flexibility index (Phi) is 5.87. The van der Waals surface area contributed by atoms with Gasteiger partial charge in [0.1, 0.15) is 12.1 Å². The molecule has 2 fully saturated rings. The molecule has 7 nitrogen and oxygen atoms in total. The number of hydrogen-bond acceptors (Lipinski definition) is 4. The maximum atomic E-state index is 13.0. The Morgan fingerprint density at radius 3 is 2.39 bits per heavy atom. The van der Waals surface area contributed by atoms with Crippen LogP contribution in [-0.4, -0.2) is 73.3 Å². The first-order valence-corrected chi connectivity index (χ1v) is 10.6. The molecule has 2 saturated heterocycles. The van der Waals surface area contributed by atoms with Gasteiger partial charge >= 0.3 is 0 Å². The third kappa shape index (κ3) is 4.37. The second kappa shape index (κ2) is 8.59. The van der Waals surface area contributed by atoms with Crippen LogP contribution in [0.1, 0.15) is 15.9 Å². The van der Waals surface area contributed by atoms with E-state index in [1.54, 1.807) is 34.1 Å². The van der Waals surface area contributed by atoms with Crippen LogP contribution in [0, 0.1) is 0 Å². The topological polar surface area (TPSA) is 73.0 Å². The second-order valence-corrected chi connectivity index (χ2v) is 8.57. The van der Waals surface area contributed by atoms with Gasteiger partial charge in [0.2, 0.25) is 11.8 Å². The number of amides is 3. The summed E-state index contributed by atoms with van der Waals surface area (Å²) in [4.78, 5) is 44.0. The van der Waals surface area contributed by atoms with Crippen LogP contribution >= 0.6 is 11.6 Å². The first kappa shape index (κ1) is 21.2. The number of carbonyl (C=O) groups is 3. The van der Waals surface area contributed by atoms with Crippen molar-refractivity contribution in [2.45, 2.75) is 18.5 Å². The van der Waals surface area contributed by atoms with E-state index in [-0.39, 0.29) is 24.3 Å². The van der Waals surface area contributed by atoms with E-state index in [9.17, 15) is 14.4 Å². The fourth-order valence-corrected chi connectivity index (χ4v) is 4.19. The van der Waals surface area contributed by atoms with Gasteiger partial charge in [0.15, 0.2) is 0 Å². The van der Waals surface area contributed by atoms with Crippen molar-refractivity contribution in [2.24, 2.45) is 0 Å². The van der Waals surface area contributed by atoms with Crippen molar-refractivity contribution in [3.8, 4) is 0 Å². The third-order valence-corrected chi connectivity index (χ3v) is 6.10. The van der Waals surface area contributed by atoms with Gasteiger partial charge < -0.3 is 20.0 Å². The molecule has 0 spiro atoms. The zero-order valence-corrected chi connectivity index (χ0v) is 18.3. The van der Waals surface area contributed by atoms with E-state index in [0.717, 1.165) is 11.3 Å². The lowest BCUT2D eigenvalue weighted by molar-refractivity contribution is -0.152. The van der Waals surface area contributed by atoms with E-state index >= 15 is 0 Å². The summed E-state index contributed by atoms with van der Waals surface area (Å²) in [7, 11) is 3.88. The normalized spacial score (nSPS) is 20.9. The number of anilines is 1. The molecule has 4 rings (SSSR count). The molecule has 2 aliphatic rings. The molecule has 0 aliphatic carbocycles. The molecule has 0 bridgehead atoms. The Morgan fingerprint density at radius 1 is 1.06 bits per heavy atom. The average Bonchev–Trinajstić information content (AvgIpc) is 2.78. The van der Waals surface area contributed by atoms with Crippen molar-refractivity contribution in [3.05, 3.63) is 64.7 Å². The van der Waals surface area contributed by atoms with Crippen LogP contribution in [-0.2, 0) is 16.0 Å². The molecule has 0 radical (unpaired) electrons. The fourth-order valence-electron chi connectivity index (χ4n) is 4.06. The summed E-state index contributed by atoms with van der Waals surface area (Å²) in [5.41, 5.74) is 2.50. The predicted molar refractivity (Wildman–Crippen MR) is 119 cm³/mol. The van der Waals surface area contributed by atoms with Gasteiger partial charge in [-0.15, -0.1) is 0 Å². The molecule has 162 valence electrons. The molecule has 2 aliphatic heterocycles. The Labute approximate surface area is 186 Å². The van der Waals surface area contributed by atoms with Gasteiger partial charge in [0.25, 0.3) is 5.91 Å². The third-order valence-electron chi connectivity index (χ3n) is 5.85. The highest BCUT2D eigenvalue weighted by atomic mass is 35.5. The predicted octanol–water partition coefficient (Wildman–Crippen LogP) is 1.80. The van der Waals surface area contributed by atoms with E-state index in [1.165, 1.54) is 0 Å².